The van der Waals surface area contributed by atoms with Crippen molar-refractivity contribution in [1.82, 2.24) is 0 Å². The van der Waals surface area contributed by atoms with E-state index in [-0.39, 0.29) is 22.0 Å². The van der Waals surface area contributed by atoms with Gasteiger partial charge in [-0.15, -0.1) is 17.0 Å². The van der Waals surface area contributed by atoms with Crippen molar-refractivity contribution in [3.05, 3.63) is 35.9 Å². The van der Waals surface area contributed by atoms with Crippen LogP contribution < -0.4 is 0 Å². The zero-order valence-corrected chi connectivity index (χ0v) is 10.6. The molecule has 0 aliphatic heterocycles. The quantitative estimate of drug-likeness (QED) is 0.727. The second kappa shape index (κ2) is 5.79. The summed E-state index contributed by atoms with van der Waals surface area (Å²) in [6.07, 6.45) is 0. The maximum atomic E-state index is 11.9. The van der Waals surface area contributed by atoms with E-state index in [1.807, 2.05) is 6.07 Å². The molecule has 0 saturated carbocycles. The number of rotatable bonds is 2. The van der Waals surface area contributed by atoms with Gasteiger partial charge < -0.3 is 0 Å². The number of hydrogen-bond donors (Lipinski definition) is 0. The fraction of sp³-hybridized carbons (Fsp3) is 0.143. The van der Waals surface area contributed by atoms with Crippen LogP contribution in [0.2, 0.25) is 0 Å². The summed E-state index contributed by atoms with van der Waals surface area (Å²) < 4.78 is 23.9. The van der Waals surface area contributed by atoms with Crippen LogP contribution in [0, 0.1) is 0 Å². The van der Waals surface area contributed by atoms with Crippen LogP contribution in [0.15, 0.2) is 30.3 Å². The van der Waals surface area contributed by atoms with Crippen molar-refractivity contribution < 1.29 is 23.6 Å². The molecule has 0 aromatic heterocycles. The molecule has 0 spiro atoms. The summed E-state index contributed by atoms with van der Waals surface area (Å²) >= 11 is -3.98. The Hall–Kier alpha value is 0.183. The van der Waals surface area contributed by atoms with Crippen LogP contribution in [0.4, 0.5) is 6.63 Å². The molecule has 1 aromatic carbocycles. The zero-order valence-electron chi connectivity index (χ0n) is 5.97. The van der Waals surface area contributed by atoms with Gasteiger partial charge in [0.05, 0.1) is 0 Å². The summed E-state index contributed by atoms with van der Waals surface area (Å²) in [4.78, 5) is 0. The Bertz CT molecular complexity index is 191. The van der Waals surface area contributed by atoms with E-state index in [0.717, 1.165) is 5.56 Å². The SMILES string of the molecule is Br.[F][Zn]([F])[CH2]c1ccccc1. The predicted molar refractivity (Wildman–Crippen MR) is 42.7 cm³/mol. The fourth-order valence-electron chi connectivity index (χ4n) is 0.863. The summed E-state index contributed by atoms with van der Waals surface area (Å²) in [6, 6.07) is 8.93. The first kappa shape index (κ1) is 11.2. The molecular weight excluding hydrogens is 267 g/mol. The van der Waals surface area contributed by atoms with Gasteiger partial charge in [0.15, 0.2) is 0 Å². The molecular formula is C7H8BrF2Zn. The molecule has 0 aliphatic rings. The van der Waals surface area contributed by atoms with Crippen molar-refractivity contribution in [2.24, 2.45) is 0 Å². The van der Waals surface area contributed by atoms with Crippen molar-refractivity contribution in [2.75, 3.05) is 0 Å². The van der Waals surface area contributed by atoms with Gasteiger partial charge in [-0.1, -0.05) is 0 Å². The minimum absolute atomic E-state index is 0. The summed E-state index contributed by atoms with van der Waals surface area (Å²) in [5.74, 6) is 0. The molecule has 4 heteroatoms. The van der Waals surface area contributed by atoms with Gasteiger partial charge >= 0.3 is 64.5 Å². The van der Waals surface area contributed by atoms with E-state index in [2.05, 4.69) is 0 Å². The van der Waals surface area contributed by atoms with Crippen LogP contribution >= 0.6 is 17.0 Å². The van der Waals surface area contributed by atoms with Crippen LogP contribution in [0.5, 0.6) is 0 Å². The molecule has 0 aliphatic carbocycles. The van der Waals surface area contributed by atoms with E-state index >= 15 is 0 Å². The molecule has 0 fully saturated rings. The topological polar surface area (TPSA) is 0 Å². The van der Waals surface area contributed by atoms with E-state index in [9.17, 15) is 6.63 Å². The van der Waals surface area contributed by atoms with E-state index < -0.39 is 16.9 Å². The molecule has 0 heterocycles. The van der Waals surface area contributed by atoms with Crippen LogP contribution in [0.25, 0.3) is 0 Å². The molecule has 1 aromatic rings. The Morgan fingerprint density at radius 3 is 2.09 bits per heavy atom. The van der Waals surface area contributed by atoms with Gasteiger partial charge in [-0.2, -0.15) is 0 Å². The monoisotopic (exact) mass is 273 g/mol. The maximum absolute atomic E-state index is 11.9. The van der Waals surface area contributed by atoms with Crippen LogP contribution in [0.3, 0.4) is 0 Å². The Labute approximate surface area is 81.4 Å². The molecule has 0 atom stereocenters. The third kappa shape index (κ3) is 4.59. The molecule has 0 saturated heterocycles. The van der Waals surface area contributed by atoms with Crippen LogP contribution in [0.1, 0.15) is 5.56 Å². The number of halogens is 3. The van der Waals surface area contributed by atoms with Crippen molar-refractivity contribution in [3.63, 3.8) is 0 Å². The predicted octanol–water partition coefficient (Wildman–Crippen LogP) is 3.15. The molecule has 1 rings (SSSR count). The zero-order chi connectivity index (χ0) is 7.40. The first-order valence-electron chi connectivity index (χ1n) is 3.30. The molecule has 59 valence electrons. The van der Waals surface area contributed by atoms with Gasteiger partial charge in [-0.05, 0) is 0 Å². The van der Waals surface area contributed by atoms with E-state index in [1.165, 1.54) is 0 Å². The van der Waals surface area contributed by atoms with Gasteiger partial charge in [-0.25, -0.2) is 0 Å². The summed E-state index contributed by atoms with van der Waals surface area (Å²) in [5, 5.41) is 0.0703. The van der Waals surface area contributed by atoms with Gasteiger partial charge in [0, 0.05) is 0 Å². The van der Waals surface area contributed by atoms with Crippen LogP contribution in [-0.4, -0.2) is 0 Å². The minimum atomic E-state index is -3.98. The second-order valence-corrected chi connectivity index (χ2v) is 5.27. The van der Waals surface area contributed by atoms with Gasteiger partial charge in [0.1, 0.15) is 0 Å². The Morgan fingerprint density at radius 2 is 1.64 bits per heavy atom. The molecule has 0 bridgehead atoms. The summed E-state index contributed by atoms with van der Waals surface area (Å²) in [5.41, 5.74) is 0.785. The van der Waals surface area contributed by atoms with Crippen molar-refractivity contribution in [2.45, 2.75) is 5.02 Å². The first-order valence-corrected chi connectivity index (χ1v) is 7.64. The van der Waals surface area contributed by atoms with Gasteiger partial charge in [-0.3, -0.25) is 0 Å². The van der Waals surface area contributed by atoms with E-state index in [0.29, 0.717) is 0 Å². The Balaban J connectivity index is 0.000001000. The van der Waals surface area contributed by atoms with E-state index in [1.54, 1.807) is 24.3 Å². The number of hydrogen-bond acceptors (Lipinski definition) is 0. The van der Waals surface area contributed by atoms with E-state index in [4.69, 9.17) is 0 Å². The molecule has 0 amide bonds. The first-order chi connectivity index (χ1) is 4.79. The molecule has 0 unspecified atom stereocenters. The second-order valence-electron chi connectivity index (χ2n) is 2.21. The van der Waals surface area contributed by atoms with Crippen molar-refractivity contribution >= 4 is 17.0 Å². The average molecular weight is 275 g/mol. The fourth-order valence-corrected chi connectivity index (χ4v) is 2.48. The molecule has 0 N–H and O–H groups in total. The summed E-state index contributed by atoms with van der Waals surface area (Å²) in [7, 11) is 0. The molecule has 0 radical (unpaired) electrons. The van der Waals surface area contributed by atoms with Crippen molar-refractivity contribution in [3.8, 4) is 0 Å². The Kier molecular flexibility index (Phi) is 5.88. The third-order valence-electron chi connectivity index (χ3n) is 1.32. The standard InChI is InChI=1S/C7H7.BrH.2FH.Zn/c1-7-5-3-2-4-6-7;;;;/h2-6H,1H2;3*1H;/q;;;;+2/p-2. The Morgan fingerprint density at radius 1 is 1.09 bits per heavy atom. The summed E-state index contributed by atoms with van der Waals surface area (Å²) in [6.45, 7) is 0. The molecule has 11 heavy (non-hydrogen) atoms. The third-order valence-corrected chi connectivity index (χ3v) is 3.32. The van der Waals surface area contributed by atoms with Crippen molar-refractivity contribution in [1.29, 1.82) is 0 Å². The van der Waals surface area contributed by atoms with Crippen LogP contribution in [-0.2, 0) is 22.0 Å². The molecule has 0 nitrogen and oxygen atoms in total. The van der Waals surface area contributed by atoms with Gasteiger partial charge in [0.25, 0.3) is 0 Å². The normalized spacial score (nSPS) is 8.55. The van der Waals surface area contributed by atoms with Gasteiger partial charge in [0.2, 0.25) is 0 Å². The average Bonchev–Trinajstić information content (AvgIpc) is 1.88. The number of benzene rings is 1.